The van der Waals surface area contributed by atoms with E-state index in [9.17, 15) is 19.7 Å². The van der Waals surface area contributed by atoms with Crippen LogP contribution in [0.3, 0.4) is 0 Å². The van der Waals surface area contributed by atoms with Gasteiger partial charge < -0.3 is 24.3 Å². The summed E-state index contributed by atoms with van der Waals surface area (Å²) < 4.78 is 20.2. The van der Waals surface area contributed by atoms with Crippen molar-refractivity contribution < 1.29 is 33.5 Å². The third-order valence-electron chi connectivity index (χ3n) is 4.11. The minimum Gasteiger partial charge on any atom is -0.496 e. The number of methoxy groups -OCH3 is 3. The molecule has 0 fully saturated rings. The van der Waals surface area contributed by atoms with Crippen molar-refractivity contribution in [1.82, 2.24) is 0 Å². The Kier molecular flexibility index (Phi) is 7.98. The van der Waals surface area contributed by atoms with Gasteiger partial charge in [-0.05, 0) is 36.2 Å². The summed E-state index contributed by atoms with van der Waals surface area (Å²) >= 11 is 0. The molecule has 0 bridgehead atoms. The maximum absolute atomic E-state index is 12.0. The largest absolute Gasteiger partial charge is 0.496 e. The molecule has 0 aromatic heterocycles. The lowest BCUT2D eigenvalue weighted by atomic mass is 10.1. The van der Waals surface area contributed by atoms with Crippen molar-refractivity contribution in [1.29, 1.82) is 0 Å². The molecular formula is C20H22N2O8. The van der Waals surface area contributed by atoms with Gasteiger partial charge in [-0.3, -0.25) is 19.7 Å². The van der Waals surface area contributed by atoms with Gasteiger partial charge in [-0.2, -0.15) is 0 Å². The fourth-order valence-electron chi connectivity index (χ4n) is 2.58. The molecule has 30 heavy (non-hydrogen) atoms. The summed E-state index contributed by atoms with van der Waals surface area (Å²) in [5.41, 5.74) is 0.484. The van der Waals surface area contributed by atoms with Crippen LogP contribution in [0.1, 0.15) is 12.0 Å². The first-order valence-electron chi connectivity index (χ1n) is 8.86. The maximum atomic E-state index is 12.0. The Morgan fingerprint density at radius 1 is 1.00 bits per heavy atom. The van der Waals surface area contributed by atoms with Crippen molar-refractivity contribution in [3.05, 3.63) is 52.1 Å². The number of esters is 1. The highest BCUT2D eigenvalue weighted by molar-refractivity contribution is 5.95. The number of amides is 1. The predicted octanol–water partition coefficient (Wildman–Crippen LogP) is 2.74. The molecule has 0 saturated carbocycles. The number of nitro benzene ring substituents is 1. The van der Waals surface area contributed by atoms with Crippen molar-refractivity contribution in [3.8, 4) is 17.2 Å². The number of nitro groups is 1. The van der Waals surface area contributed by atoms with E-state index in [2.05, 4.69) is 5.32 Å². The molecule has 2 aromatic rings. The third kappa shape index (κ3) is 6.09. The van der Waals surface area contributed by atoms with Crippen molar-refractivity contribution in [2.24, 2.45) is 0 Å². The van der Waals surface area contributed by atoms with Crippen LogP contribution in [0, 0.1) is 10.1 Å². The van der Waals surface area contributed by atoms with Crippen molar-refractivity contribution in [3.63, 3.8) is 0 Å². The Balaban J connectivity index is 1.87. The fraction of sp³-hybridized carbons (Fsp3) is 0.300. The number of hydrogen-bond acceptors (Lipinski definition) is 8. The average molecular weight is 418 g/mol. The number of rotatable bonds is 10. The molecule has 10 nitrogen and oxygen atoms in total. The highest BCUT2D eigenvalue weighted by atomic mass is 16.6. The van der Waals surface area contributed by atoms with E-state index in [-0.39, 0.29) is 23.5 Å². The monoisotopic (exact) mass is 418 g/mol. The lowest BCUT2D eigenvalue weighted by Crippen LogP contribution is -2.21. The van der Waals surface area contributed by atoms with Gasteiger partial charge in [-0.1, -0.05) is 6.07 Å². The third-order valence-corrected chi connectivity index (χ3v) is 4.11. The Labute approximate surface area is 172 Å². The van der Waals surface area contributed by atoms with Crippen LogP contribution < -0.4 is 19.5 Å². The summed E-state index contributed by atoms with van der Waals surface area (Å²) in [6.45, 7) is -0.562. The normalized spacial score (nSPS) is 10.1. The van der Waals surface area contributed by atoms with Crippen LogP contribution >= 0.6 is 0 Å². The van der Waals surface area contributed by atoms with Gasteiger partial charge in [0.2, 0.25) is 0 Å². The zero-order chi connectivity index (χ0) is 22.1. The second-order valence-corrected chi connectivity index (χ2v) is 6.04. The number of carbonyl (C=O) groups excluding carboxylic acids is 2. The van der Waals surface area contributed by atoms with E-state index in [1.807, 2.05) is 0 Å². The SMILES string of the molecule is COc1ccc(NC(=O)COC(=O)CCc2ccc(OC)c(OC)c2)c([N+](=O)[O-])c1. The van der Waals surface area contributed by atoms with E-state index in [0.717, 1.165) is 5.56 Å². The zero-order valence-corrected chi connectivity index (χ0v) is 16.8. The van der Waals surface area contributed by atoms with Crippen LogP contribution in [-0.4, -0.2) is 44.7 Å². The minimum absolute atomic E-state index is 0.0211. The molecule has 0 aliphatic rings. The van der Waals surface area contributed by atoms with E-state index in [0.29, 0.717) is 17.9 Å². The number of nitrogens with one attached hydrogen (secondary N) is 1. The van der Waals surface area contributed by atoms with Crippen molar-refractivity contribution >= 4 is 23.3 Å². The first-order valence-corrected chi connectivity index (χ1v) is 8.86. The summed E-state index contributed by atoms with van der Waals surface area (Å²) in [4.78, 5) is 34.4. The van der Waals surface area contributed by atoms with Gasteiger partial charge in [0.05, 0.1) is 32.3 Å². The van der Waals surface area contributed by atoms with Crippen LogP contribution in [0.2, 0.25) is 0 Å². The lowest BCUT2D eigenvalue weighted by Gasteiger charge is -2.10. The molecule has 2 aromatic carbocycles. The number of nitrogens with zero attached hydrogens (tertiary/aromatic N) is 1. The number of aryl methyl sites for hydroxylation is 1. The molecule has 0 heterocycles. The highest BCUT2D eigenvalue weighted by Gasteiger charge is 2.18. The quantitative estimate of drug-likeness (QED) is 0.355. The second kappa shape index (κ2) is 10.6. The van der Waals surface area contributed by atoms with E-state index in [1.165, 1.54) is 39.5 Å². The molecule has 0 radical (unpaired) electrons. The summed E-state index contributed by atoms with van der Waals surface area (Å²) in [5, 5.41) is 13.5. The maximum Gasteiger partial charge on any atom is 0.306 e. The zero-order valence-electron chi connectivity index (χ0n) is 16.8. The number of carbonyl (C=O) groups is 2. The van der Waals surface area contributed by atoms with E-state index in [1.54, 1.807) is 18.2 Å². The Hall–Kier alpha value is -3.82. The average Bonchev–Trinajstić information content (AvgIpc) is 2.76. The van der Waals surface area contributed by atoms with Crippen LogP contribution in [0.15, 0.2) is 36.4 Å². The minimum atomic E-state index is -0.692. The second-order valence-electron chi connectivity index (χ2n) is 6.04. The predicted molar refractivity (Wildman–Crippen MR) is 107 cm³/mol. The molecule has 0 unspecified atom stereocenters. The molecule has 1 N–H and O–H groups in total. The first-order chi connectivity index (χ1) is 14.4. The van der Waals surface area contributed by atoms with Gasteiger partial charge in [0, 0.05) is 6.42 Å². The summed E-state index contributed by atoms with van der Waals surface area (Å²) in [7, 11) is 4.42. The lowest BCUT2D eigenvalue weighted by molar-refractivity contribution is -0.384. The number of benzene rings is 2. The molecule has 0 aliphatic heterocycles. The molecule has 160 valence electrons. The summed E-state index contributed by atoms with van der Waals surface area (Å²) in [6, 6.07) is 9.27. The summed E-state index contributed by atoms with van der Waals surface area (Å²) in [6.07, 6.45) is 0.427. The van der Waals surface area contributed by atoms with Crippen molar-refractivity contribution in [2.75, 3.05) is 33.3 Å². The molecule has 0 atom stereocenters. The summed E-state index contributed by atoms with van der Waals surface area (Å²) in [5.74, 6) is 0.130. The smallest absolute Gasteiger partial charge is 0.306 e. The number of ether oxygens (including phenoxy) is 4. The fourth-order valence-corrected chi connectivity index (χ4v) is 2.58. The van der Waals surface area contributed by atoms with E-state index in [4.69, 9.17) is 18.9 Å². The van der Waals surface area contributed by atoms with Gasteiger partial charge in [-0.25, -0.2) is 0 Å². The van der Waals surface area contributed by atoms with Crippen LogP contribution in [0.25, 0.3) is 0 Å². The Bertz CT molecular complexity index is 929. The van der Waals surface area contributed by atoms with Crippen LogP contribution in [-0.2, 0) is 20.7 Å². The molecular weight excluding hydrogens is 396 g/mol. The highest BCUT2D eigenvalue weighted by Crippen LogP contribution is 2.29. The molecule has 2 rings (SSSR count). The van der Waals surface area contributed by atoms with Gasteiger partial charge >= 0.3 is 5.97 Å². The van der Waals surface area contributed by atoms with Gasteiger partial charge in [0.1, 0.15) is 11.4 Å². The van der Waals surface area contributed by atoms with Crippen molar-refractivity contribution in [2.45, 2.75) is 12.8 Å². The molecule has 1 amide bonds. The number of hydrogen-bond donors (Lipinski definition) is 1. The molecule has 0 spiro atoms. The van der Waals surface area contributed by atoms with E-state index >= 15 is 0 Å². The van der Waals surface area contributed by atoms with Crippen LogP contribution in [0.5, 0.6) is 17.2 Å². The Morgan fingerprint density at radius 2 is 1.73 bits per heavy atom. The topological polar surface area (TPSA) is 126 Å². The Morgan fingerprint density at radius 3 is 2.37 bits per heavy atom. The molecule has 0 aliphatic carbocycles. The number of anilines is 1. The molecule has 0 saturated heterocycles. The van der Waals surface area contributed by atoms with E-state index < -0.39 is 23.4 Å². The first kappa shape index (κ1) is 22.5. The van der Waals surface area contributed by atoms with Gasteiger partial charge in [-0.15, -0.1) is 0 Å². The molecule has 10 heteroatoms. The van der Waals surface area contributed by atoms with Crippen LogP contribution in [0.4, 0.5) is 11.4 Å². The standard InChI is InChI=1S/C20H22N2O8/c1-27-14-6-7-15(16(11-14)22(25)26)21-19(23)12-30-20(24)9-5-13-4-8-17(28-2)18(10-13)29-3/h4,6-8,10-11H,5,9,12H2,1-3H3,(H,21,23). The van der Waals surface area contributed by atoms with Gasteiger partial charge in [0.15, 0.2) is 18.1 Å². The van der Waals surface area contributed by atoms with Gasteiger partial charge in [0.25, 0.3) is 11.6 Å².